The third-order valence-corrected chi connectivity index (χ3v) is 4.29. The number of rotatable bonds is 3. The molecule has 0 amide bonds. The molecule has 5 rings (SSSR count). The Kier molecular flexibility index (Phi) is 3.20. The lowest BCUT2D eigenvalue weighted by Crippen LogP contribution is -2.01. The fraction of sp³-hybridized carbons (Fsp3) is 0.176. The van der Waals surface area contributed by atoms with Crippen molar-refractivity contribution in [1.29, 1.82) is 0 Å². The lowest BCUT2D eigenvalue weighted by Gasteiger charge is -2.09. The van der Waals surface area contributed by atoms with Gasteiger partial charge in [0.05, 0.1) is 13.3 Å². The van der Waals surface area contributed by atoms with E-state index in [1.54, 1.807) is 22.4 Å². The van der Waals surface area contributed by atoms with Gasteiger partial charge < -0.3 is 9.26 Å². The molecule has 0 fully saturated rings. The first-order valence-corrected chi connectivity index (χ1v) is 8.18. The lowest BCUT2D eigenvalue weighted by molar-refractivity contribution is 0.369. The van der Waals surface area contributed by atoms with Crippen LogP contribution in [0.15, 0.2) is 35.0 Å². The Morgan fingerprint density at radius 3 is 2.70 bits per heavy atom. The molecule has 27 heavy (non-hydrogen) atoms. The lowest BCUT2D eigenvalue weighted by atomic mass is 10.0. The summed E-state index contributed by atoms with van der Waals surface area (Å²) in [6, 6.07) is 8.02. The molecule has 0 unspecified atom stereocenters. The Morgan fingerprint density at radius 1 is 1.11 bits per heavy atom. The van der Waals surface area contributed by atoms with Crippen LogP contribution >= 0.6 is 0 Å². The van der Waals surface area contributed by atoms with Crippen molar-refractivity contribution in [2.24, 2.45) is 7.05 Å². The Hall–Kier alpha value is -3.82. The van der Waals surface area contributed by atoms with E-state index in [1.165, 1.54) is 7.11 Å². The van der Waals surface area contributed by atoms with Gasteiger partial charge in [-0.2, -0.15) is 9.61 Å². The maximum atomic E-state index is 5.29. The minimum Gasteiger partial charge on any atom is -0.466 e. The summed E-state index contributed by atoms with van der Waals surface area (Å²) in [4.78, 5) is 0. The smallest absolute Gasteiger partial charge is 0.338 e. The van der Waals surface area contributed by atoms with E-state index >= 15 is 0 Å². The maximum absolute atomic E-state index is 5.29. The predicted octanol–water partition coefficient (Wildman–Crippen LogP) is 2.05. The van der Waals surface area contributed by atoms with Gasteiger partial charge in [0.1, 0.15) is 22.8 Å². The van der Waals surface area contributed by atoms with E-state index in [9.17, 15) is 0 Å². The number of aromatic nitrogens is 8. The number of fused-ring (bicyclic) bond motifs is 3. The third kappa shape index (κ3) is 2.26. The number of benzene rings is 1. The molecule has 0 bridgehead atoms. The SMILES string of the molecule is COc1nnc2c3cccc(-c4cc(C)on4)c3c(-c3cn(C)nn3)nn12. The summed E-state index contributed by atoms with van der Waals surface area (Å²) >= 11 is 0. The molecular weight excluding hydrogens is 348 g/mol. The fourth-order valence-electron chi connectivity index (χ4n) is 3.14. The Morgan fingerprint density at radius 2 is 2.00 bits per heavy atom. The van der Waals surface area contributed by atoms with Gasteiger partial charge in [-0.05, 0) is 6.92 Å². The zero-order valence-electron chi connectivity index (χ0n) is 14.8. The normalized spacial score (nSPS) is 11.5. The highest BCUT2D eigenvalue weighted by Gasteiger charge is 2.21. The van der Waals surface area contributed by atoms with Crippen LogP contribution < -0.4 is 4.74 Å². The Labute approximate surface area is 152 Å². The molecule has 0 aliphatic heterocycles. The number of hydrogen-bond donors (Lipinski definition) is 0. The molecule has 0 spiro atoms. The van der Waals surface area contributed by atoms with Crippen molar-refractivity contribution < 1.29 is 9.26 Å². The van der Waals surface area contributed by atoms with Gasteiger partial charge in [-0.1, -0.05) is 33.7 Å². The molecule has 5 aromatic rings. The Balaban J connectivity index is 1.96. The molecule has 10 nitrogen and oxygen atoms in total. The molecule has 0 saturated heterocycles. The van der Waals surface area contributed by atoms with Crippen LogP contribution in [0.2, 0.25) is 0 Å². The Bertz CT molecular complexity index is 1300. The first-order chi connectivity index (χ1) is 13.2. The van der Waals surface area contributed by atoms with Crippen molar-refractivity contribution >= 4 is 16.4 Å². The highest BCUT2D eigenvalue weighted by Crippen LogP contribution is 2.36. The van der Waals surface area contributed by atoms with Crippen molar-refractivity contribution in [3.8, 4) is 28.7 Å². The second-order valence-electron chi connectivity index (χ2n) is 6.10. The summed E-state index contributed by atoms with van der Waals surface area (Å²) < 4.78 is 13.7. The average molecular weight is 362 g/mol. The molecule has 0 aliphatic carbocycles. The summed E-state index contributed by atoms with van der Waals surface area (Å²) in [7, 11) is 3.33. The number of methoxy groups -OCH3 is 1. The highest BCUT2D eigenvalue weighted by molar-refractivity contribution is 6.08. The highest BCUT2D eigenvalue weighted by atomic mass is 16.5. The van der Waals surface area contributed by atoms with Crippen molar-refractivity contribution in [1.82, 2.24) is 40.0 Å². The van der Waals surface area contributed by atoms with E-state index in [4.69, 9.17) is 14.4 Å². The van der Waals surface area contributed by atoms with Gasteiger partial charge in [0.15, 0.2) is 5.65 Å². The minimum absolute atomic E-state index is 0.291. The summed E-state index contributed by atoms with van der Waals surface area (Å²) in [5.41, 5.74) is 3.40. The second-order valence-corrected chi connectivity index (χ2v) is 6.10. The van der Waals surface area contributed by atoms with Crippen molar-refractivity contribution in [2.75, 3.05) is 7.11 Å². The summed E-state index contributed by atoms with van der Waals surface area (Å²) in [5, 5.41) is 27.1. The average Bonchev–Trinajstić information content (AvgIpc) is 3.39. The van der Waals surface area contributed by atoms with Crippen LogP contribution in [0.3, 0.4) is 0 Å². The molecule has 0 aliphatic rings. The van der Waals surface area contributed by atoms with Crippen LogP contribution in [0.5, 0.6) is 6.01 Å². The van der Waals surface area contributed by atoms with E-state index in [0.717, 1.165) is 22.1 Å². The van der Waals surface area contributed by atoms with Gasteiger partial charge in [0.25, 0.3) is 0 Å². The molecule has 1 aromatic carbocycles. The topological polar surface area (TPSA) is 109 Å². The third-order valence-electron chi connectivity index (χ3n) is 4.29. The van der Waals surface area contributed by atoms with Crippen molar-refractivity contribution in [3.05, 3.63) is 36.2 Å². The molecule has 4 heterocycles. The monoisotopic (exact) mass is 362 g/mol. The molecule has 134 valence electrons. The van der Waals surface area contributed by atoms with Gasteiger partial charge >= 0.3 is 6.01 Å². The van der Waals surface area contributed by atoms with Gasteiger partial charge in [0.2, 0.25) is 0 Å². The van der Waals surface area contributed by atoms with Crippen LogP contribution in [-0.4, -0.2) is 47.1 Å². The summed E-state index contributed by atoms with van der Waals surface area (Å²) in [6.45, 7) is 1.85. The van der Waals surface area contributed by atoms with Gasteiger partial charge in [-0.25, -0.2) is 0 Å². The minimum atomic E-state index is 0.291. The molecule has 0 saturated carbocycles. The van der Waals surface area contributed by atoms with Crippen LogP contribution in [0, 0.1) is 6.92 Å². The first kappa shape index (κ1) is 15.4. The largest absolute Gasteiger partial charge is 0.466 e. The molecular formula is C17H14N8O2. The zero-order chi connectivity index (χ0) is 18.5. The first-order valence-electron chi connectivity index (χ1n) is 8.18. The van der Waals surface area contributed by atoms with Gasteiger partial charge in [-0.3, -0.25) is 4.68 Å². The molecule has 0 atom stereocenters. The molecule has 10 heteroatoms. The van der Waals surface area contributed by atoms with E-state index in [-0.39, 0.29) is 0 Å². The van der Waals surface area contributed by atoms with E-state index in [0.29, 0.717) is 28.7 Å². The van der Waals surface area contributed by atoms with Crippen molar-refractivity contribution in [2.45, 2.75) is 6.92 Å². The second kappa shape index (κ2) is 5.59. The molecule has 0 radical (unpaired) electrons. The fourth-order valence-corrected chi connectivity index (χ4v) is 3.14. The van der Waals surface area contributed by atoms with Gasteiger partial charge in [-0.15, -0.1) is 10.2 Å². The zero-order valence-corrected chi connectivity index (χ0v) is 14.8. The van der Waals surface area contributed by atoms with E-state index in [2.05, 4.69) is 25.7 Å². The van der Waals surface area contributed by atoms with Crippen LogP contribution in [0.1, 0.15) is 5.76 Å². The summed E-state index contributed by atoms with van der Waals surface area (Å²) in [5.74, 6) is 0.723. The van der Waals surface area contributed by atoms with Crippen LogP contribution in [0.4, 0.5) is 0 Å². The van der Waals surface area contributed by atoms with Crippen LogP contribution in [-0.2, 0) is 7.05 Å². The predicted molar refractivity (Wildman–Crippen MR) is 95.1 cm³/mol. The molecule has 4 aromatic heterocycles. The van der Waals surface area contributed by atoms with Crippen LogP contribution in [0.25, 0.3) is 39.1 Å². The summed E-state index contributed by atoms with van der Waals surface area (Å²) in [6.07, 6.45) is 1.80. The van der Waals surface area contributed by atoms with Crippen molar-refractivity contribution in [3.63, 3.8) is 0 Å². The van der Waals surface area contributed by atoms with Gasteiger partial charge in [0, 0.05) is 29.4 Å². The quantitative estimate of drug-likeness (QED) is 0.480. The number of hydrogen-bond acceptors (Lipinski definition) is 8. The number of nitrogens with zero attached hydrogens (tertiary/aromatic N) is 8. The standard InChI is InChI=1S/C17H14N8O2/c1-9-7-12(22-27-9)10-5-4-6-11-14(10)15(13-8-24(2)23-18-13)21-25-16(11)19-20-17(25)26-3/h4-8H,1-3H3. The maximum Gasteiger partial charge on any atom is 0.338 e. The van der Waals surface area contributed by atoms with E-state index < -0.39 is 0 Å². The van der Waals surface area contributed by atoms with E-state index in [1.807, 2.05) is 31.2 Å². The molecule has 0 N–H and O–H groups in total. The number of ether oxygens (including phenoxy) is 1. The number of aryl methyl sites for hydroxylation is 2.